The molecule has 0 radical (unpaired) electrons. The van der Waals surface area contributed by atoms with Gasteiger partial charge in [0.05, 0.1) is 0 Å². The molecule has 0 aromatic rings. The second-order valence-corrected chi connectivity index (χ2v) is 10.3. The molecule has 3 heteroatoms. The average Bonchev–Trinajstić information content (AvgIpc) is 2.24. The number of rotatable bonds is 2. The Morgan fingerprint density at radius 3 is 1.47 bits per heavy atom. The van der Waals surface area contributed by atoms with Gasteiger partial charge in [-0.1, -0.05) is 0 Å². The van der Waals surface area contributed by atoms with Crippen LogP contribution >= 0.6 is 31.9 Å². The van der Waals surface area contributed by atoms with E-state index >= 15 is 0 Å². The van der Waals surface area contributed by atoms with Crippen LogP contribution in [0.1, 0.15) is 51.4 Å². The number of alkyl halides is 2. The number of hydrogen-bond donors (Lipinski definition) is 0. The van der Waals surface area contributed by atoms with E-state index in [9.17, 15) is 0 Å². The van der Waals surface area contributed by atoms with Crippen molar-refractivity contribution in [1.29, 1.82) is 0 Å². The van der Waals surface area contributed by atoms with Gasteiger partial charge in [-0.25, -0.2) is 0 Å². The van der Waals surface area contributed by atoms with E-state index in [2.05, 4.69) is 31.9 Å². The molecular formula is C12H20Br2Se. The predicted octanol–water partition coefficient (Wildman–Crippen LogP) is 4.94. The summed E-state index contributed by atoms with van der Waals surface area (Å²) in [5.41, 5.74) is 0. The van der Waals surface area contributed by atoms with Gasteiger partial charge in [0.15, 0.2) is 0 Å². The summed E-state index contributed by atoms with van der Waals surface area (Å²) in [5.74, 6) is 0. The SMILES string of the molecule is Br[C@@H]1CCCC[C@H]1[Se][C@H]1CCCC[C@@H]1Br. The molecule has 88 valence electrons. The topological polar surface area (TPSA) is 0 Å². The second kappa shape index (κ2) is 6.42. The standard InChI is InChI=1S/C12H20Br2Se/c13-9-5-1-3-7-11(9)15-12-8-4-2-6-10(12)14/h9-12H,1-8H2/t9-,10+,11-,12+. The van der Waals surface area contributed by atoms with Gasteiger partial charge in [-0.05, 0) is 0 Å². The molecule has 15 heavy (non-hydrogen) atoms. The van der Waals surface area contributed by atoms with E-state index in [-0.39, 0.29) is 0 Å². The van der Waals surface area contributed by atoms with E-state index in [1.807, 2.05) is 0 Å². The fourth-order valence-corrected chi connectivity index (χ4v) is 8.60. The summed E-state index contributed by atoms with van der Waals surface area (Å²) in [4.78, 5) is 3.73. The molecule has 2 rings (SSSR count). The molecule has 0 heterocycles. The van der Waals surface area contributed by atoms with Crippen LogP contribution in [0, 0.1) is 0 Å². The molecule has 0 aliphatic heterocycles. The fraction of sp³-hybridized carbons (Fsp3) is 1.00. The molecule has 0 bridgehead atoms. The molecule has 4 atom stereocenters. The first-order valence-corrected chi connectivity index (χ1v) is 10.0. The van der Waals surface area contributed by atoms with Crippen molar-refractivity contribution in [3.8, 4) is 0 Å². The monoisotopic (exact) mass is 402 g/mol. The molecule has 0 nitrogen and oxygen atoms in total. The van der Waals surface area contributed by atoms with Gasteiger partial charge in [0, 0.05) is 0 Å². The van der Waals surface area contributed by atoms with E-state index < -0.39 is 0 Å². The first kappa shape index (κ1) is 12.9. The van der Waals surface area contributed by atoms with Gasteiger partial charge in [-0.3, -0.25) is 0 Å². The maximum absolute atomic E-state index is 3.90. The summed E-state index contributed by atoms with van der Waals surface area (Å²) in [6.45, 7) is 0. The molecule has 2 fully saturated rings. The zero-order chi connectivity index (χ0) is 10.7. The third kappa shape index (κ3) is 3.72. The Hall–Kier alpha value is 1.48. The van der Waals surface area contributed by atoms with Crippen molar-refractivity contribution in [2.45, 2.75) is 70.7 Å². The van der Waals surface area contributed by atoms with Gasteiger partial charge in [-0.15, -0.1) is 0 Å². The third-order valence-corrected chi connectivity index (χ3v) is 11.2. The summed E-state index contributed by atoms with van der Waals surface area (Å²) in [7, 11) is 0. The molecule has 0 aromatic heterocycles. The normalized spacial score (nSPS) is 42.8. The second-order valence-electron chi connectivity index (χ2n) is 4.81. The fourth-order valence-electron chi connectivity index (χ4n) is 2.63. The molecule has 0 saturated heterocycles. The Morgan fingerprint density at radius 2 is 1.07 bits per heavy atom. The van der Waals surface area contributed by atoms with Crippen LogP contribution in [-0.2, 0) is 0 Å². The molecule has 0 aromatic carbocycles. The van der Waals surface area contributed by atoms with E-state index in [0.29, 0.717) is 0 Å². The summed E-state index contributed by atoms with van der Waals surface area (Å²) < 4.78 is 0. The van der Waals surface area contributed by atoms with Gasteiger partial charge in [0.1, 0.15) is 0 Å². The van der Waals surface area contributed by atoms with E-state index in [1.165, 1.54) is 51.4 Å². The van der Waals surface area contributed by atoms with E-state index in [0.717, 1.165) is 34.2 Å². The van der Waals surface area contributed by atoms with Crippen LogP contribution in [-0.4, -0.2) is 24.6 Å². The molecule has 2 saturated carbocycles. The minimum absolute atomic E-state index is 0.841. The number of hydrogen-bond acceptors (Lipinski definition) is 0. The van der Waals surface area contributed by atoms with Gasteiger partial charge < -0.3 is 0 Å². The zero-order valence-corrected chi connectivity index (χ0v) is 14.0. The van der Waals surface area contributed by atoms with Crippen LogP contribution in [0.5, 0.6) is 0 Å². The first-order valence-electron chi connectivity index (χ1n) is 6.21. The van der Waals surface area contributed by atoms with Crippen molar-refractivity contribution in [2.75, 3.05) is 0 Å². The number of halogens is 2. The first-order chi connectivity index (χ1) is 7.27. The van der Waals surface area contributed by atoms with E-state index in [4.69, 9.17) is 0 Å². The Balaban J connectivity index is 1.83. The summed E-state index contributed by atoms with van der Waals surface area (Å²) in [5, 5.41) is 0. The van der Waals surface area contributed by atoms with Gasteiger partial charge in [0.2, 0.25) is 0 Å². The van der Waals surface area contributed by atoms with Crippen LogP contribution in [0.15, 0.2) is 0 Å². The van der Waals surface area contributed by atoms with Gasteiger partial charge in [-0.2, -0.15) is 0 Å². The molecule has 2 aliphatic carbocycles. The molecule has 2 aliphatic rings. The van der Waals surface area contributed by atoms with Gasteiger partial charge in [0.25, 0.3) is 0 Å². The van der Waals surface area contributed by atoms with E-state index in [1.54, 1.807) is 0 Å². The Kier molecular flexibility index (Phi) is 5.53. The molecule has 0 spiro atoms. The Morgan fingerprint density at radius 1 is 0.667 bits per heavy atom. The van der Waals surface area contributed by atoms with Crippen molar-refractivity contribution < 1.29 is 0 Å². The van der Waals surface area contributed by atoms with Crippen LogP contribution in [0.3, 0.4) is 0 Å². The molecular weight excluding hydrogens is 383 g/mol. The van der Waals surface area contributed by atoms with Crippen LogP contribution in [0.4, 0.5) is 0 Å². The molecule has 0 unspecified atom stereocenters. The molecule has 0 N–H and O–H groups in total. The average molecular weight is 403 g/mol. The predicted molar refractivity (Wildman–Crippen MR) is 75.6 cm³/mol. The van der Waals surface area contributed by atoms with Crippen LogP contribution in [0.2, 0.25) is 9.63 Å². The summed E-state index contributed by atoms with van der Waals surface area (Å²) in [6.07, 6.45) is 11.7. The van der Waals surface area contributed by atoms with Crippen molar-refractivity contribution in [1.82, 2.24) is 0 Å². The quantitative estimate of drug-likeness (QED) is 0.453. The van der Waals surface area contributed by atoms with Gasteiger partial charge >= 0.3 is 117 Å². The van der Waals surface area contributed by atoms with Crippen molar-refractivity contribution in [3.05, 3.63) is 0 Å². The zero-order valence-electron chi connectivity index (χ0n) is 9.13. The summed E-state index contributed by atoms with van der Waals surface area (Å²) in [6, 6.07) is 0. The van der Waals surface area contributed by atoms with Crippen molar-refractivity contribution in [2.24, 2.45) is 0 Å². The van der Waals surface area contributed by atoms with Crippen molar-refractivity contribution >= 4 is 46.8 Å². The summed E-state index contributed by atoms with van der Waals surface area (Å²) >= 11 is 8.67. The van der Waals surface area contributed by atoms with Crippen molar-refractivity contribution in [3.63, 3.8) is 0 Å². The Bertz CT molecular complexity index is 178. The Labute approximate surface area is 117 Å². The third-order valence-electron chi connectivity index (χ3n) is 3.59. The molecule has 0 amide bonds. The van der Waals surface area contributed by atoms with Crippen LogP contribution < -0.4 is 0 Å². The minimum atomic E-state index is 0.841. The maximum atomic E-state index is 3.90. The van der Waals surface area contributed by atoms with Crippen LogP contribution in [0.25, 0.3) is 0 Å².